The van der Waals surface area contributed by atoms with Gasteiger partial charge in [0, 0.05) is 43.3 Å². The molecule has 9 heteroatoms. The first-order valence-corrected chi connectivity index (χ1v) is 11.3. The SMILES string of the molecule is CC(C)NS(=O)(=O)c1cccc(C(=O)N2CCN(CC(=O)NC(C)(C)C)CC2)c1. The van der Waals surface area contributed by atoms with Crippen molar-refractivity contribution in [3.63, 3.8) is 0 Å². The number of hydrogen-bond donors (Lipinski definition) is 2. The van der Waals surface area contributed by atoms with Gasteiger partial charge >= 0.3 is 0 Å². The number of piperazine rings is 1. The van der Waals surface area contributed by atoms with E-state index in [1.54, 1.807) is 30.9 Å². The maximum atomic E-state index is 12.8. The number of sulfonamides is 1. The van der Waals surface area contributed by atoms with Gasteiger partial charge in [-0.3, -0.25) is 14.5 Å². The lowest BCUT2D eigenvalue weighted by Crippen LogP contribution is -2.52. The van der Waals surface area contributed by atoms with Gasteiger partial charge in [-0.1, -0.05) is 6.07 Å². The highest BCUT2D eigenvalue weighted by atomic mass is 32.2. The molecule has 8 nitrogen and oxygen atoms in total. The lowest BCUT2D eigenvalue weighted by molar-refractivity contribution is -0.124. The van der Waals surface area contributed by atoms with Crippen LogP contribution in [0.25, 0.3) is 0 Å². The fraction of sp³-hybridized carbons (Fsp3) is 0.600. The molecule has 0 bridgehead atoms. The van der Waals surface area contributed by atoms with Crippen LogP contribution in [0.3, 0.4) is 0 Å². The molecule has 1 aliphatic heterocycles. The van der Waals surface area contributed by atoms with E-state index in [4.69, 9.17) is 0 Å². The molecule has 1 aromatic rings. The average Bonchev–Trinajstić information content (AvgIpc) is 2.59. The van der Waals surface area contributed by atoms with Gasteiger partial charge in [-0.2, -0.15) is 0 Å². The summed E-state index contributed by atoms with van der Waals surface area (Å²) in [6, 6.07) is 5.86. The fourth-order valence-corrected chi connectivity index (χ4v) is 4.42. The van der Waals surface area contributed by atoms with Crippen molar-refractivity contribution in [1.82, 2.24) is 19.8 Å². The smallest absolute Gasteiger partial charge is 0.253 e. The molecular weight excluding hydrogens is 392 g/mol. The van der Waals surface area contributed by atoms with Crippen LogP contribution in [0.4, 0.5) is 0 Å². The van der Waals surface area contributed by atoms with Gasteiger partial charge in [-0.25, -0.2) is 13.1 Å². The molecule has 1 aliphatic rings. The molecule has 1 saturated heterocycles. The highest BCUT2D eigenvalue weighted by Gasteiger charge is 2.25. The van der Waals surface area contributed by atoms with Crippen molar-refractivity contribution in [2.75, 3.05) is 32.7 Å². The van der Waals surface area contributed by atoms with E-state index in [-0.39, 0.29) is 28.3 Å². The summed E-state index contributed by atoms with van der Waals surface area (Å²) in [7, 11) is -3.66. The summed E-state index contributed by atoms with van der Waals surface area (Å²) in [5.74, 6) is -0.238. The molecule has 1 aromatic carbocycles. The number of amides is 2. The van der Waals surface area contributed by atoms with Gasteiger partial charge in [0.2, 0.25) is 15.9 Å². The maximum Gasteiger partial charge on any atom is 0.253 e. The lowest BCUT2D eigenvalue weighted by Gasteiger charge is -2.35. The van der Waals surface area contributed by atoms with E-state index in [0.29, 0.717) is 38.3 Å². The summed E-state index contributed by atoms with van der Waals surface area (Å²) in [4.78, 5) is 28.7. The molecule has 0 radical (unpaired) electrons. The van der Waals surface area contributed by atoms with E-state index in [0.717, 1.165) is 0 Å². The first kappa shape index (κ1) is 23.3. The third-order valence-electron chi connectivity index (χ3n) is 4.32. The van der Waals surface area contributed by atoms with Gasteiger partial charge in [0.05, 0.1) is 11.4 Å². The summed E-state index contributed by atoms with van der Waals surface area (Å²) in [5.41, 5.74) is 0.0699. The minimum atomic E-state index is -3.66. The normalized spacial score (nSPS) is 16.1. The van der Waals surface area contributed by atoms with Gasteiger partial charge in [0.25, 0.3) is 5.91 Å². The van der Waals surface area contributed by atoms with Crippen molar-refractivity contribution in [3.05, 3.63) is 29.8 Å². The van der Waals surface area contributed by atoms with Crippen LogP contribution in [0, 0.1) is 0 Å². The first-order valence-electron chi connectivity index (χ1n) is 9.82. The molecule has 0 aliphatic carbocycles. The Morgan fingerprint density at radius 1 is 1.10 bits per heavy atom. The number of nitrogens with one attached hydrogen (secondary N) is 2. The molecule has 0 spiro atoms. The Balaban J connectivity index is 1.98. The predicted molar refractivity (Wildman–Crippen MR) is 112 cm³/mol. The quantitative estimate of drug-likeness (QED) is 0.711. The molecule has 1 heterocycles. The monoisotopic (exact) mass is 424 g/mol. The summed E-state index contributed by atoms with van der Waals surface area (Å²) in [6.07, 6.45) is 0. The summed E-state index contributed by atoms with van der Waals surface area (Å²) in [5, 5.41) is 2.94. The molecular formula is C20H32N4O4S. The van der Waals surface area contributed by atoms with E-state index >= 15 is 0 Å². The van der Waals surface area contributed by atoms with Crippen molar-refractivity contribution in [2.24, 2.45) is 0 Å². The van der Waals surface area contributed by atoms with Gasteiger partial charge in [0.15, 0.2) is 0 Å². The Labute approximate surface area is 173 Å². The van der Waals surface area contributed by atoms with Crippen molar-refractivity contribution < 1.29 is 18.0 Å². The molecule has 0 atom stereocenters. The molecule has 0 saturated carbocycles. The van der Waals surface area contributed by atoms with Crippen LogP contribution in [0.1, 0.15) is 45.0 Å². The second-order valence-electron chi connectivity index (χ2n) is 8.67. The van der Waals surface area contributed by atoms with Gasteiger partial charge in [-0.15, -0.1) is 0 Å². The largest absolute Gasteiger partial charge is 0.350 e. The van der Waals surface area contributed by atoms with Gasteiger partial charge in [0.1, 0.15) is 0 Å². The zero-order chi connectivity index (χ0) is 21.8. The van der Waals surface area contributed by atoms with E-state index in [9.17, 15) is 18.0 Å². The highest BCUT2D eigenvalue weighted by molar-refractivity contribution is 7.89. The minimum Gasteiger partial charge on any atom is -0.350 e. The average molecular weight is 425 g/mol. The molecule has 162 valence electrons. The number of carbonyl (C=O) groups excluding carboxylic acids is 2. The van der Waals surface area contributed by atoms with E-state index in [2.05, 4.69) is 10.0 Å². The van der Waals surface area contributed by atoms with E-state index in [1.165, 1.54) is 12.1 Å². The van der Waals surface area contributed by atoms with Crippen molar-refractivity contribution in [1.29, 1.82) is 0 Å². The molecule has 2 amide bonds. The number of hydrogen-bond acceptors (Lipinski definition) is 5. The molecule has 29 heavy (non-hydrogen) atoms. The molecule has 2 N–H and O–H groups in total. The standard InChI is InChI=1S/C20H32N4O4S/c1-15(2)22-29(27,28)17-8-6-7-16(13-17)19(26)24-11-9-23(10-12-24)14-18(25)21-20(3,4)5/h6-8,13,15,22H,9-12,14H2,1-5H3,(H,21,25). The Kier molecular flexibility index (Phi) is 7.42. The summed E-state index contributed by atoms with van der Waals surface area (Å²) >= 11 is 0. The van der Waals surface area contributed by atoms with Crippen molar-refractivity contribution in [3.8, 4) is 0 Å². The second kappa shape index (κ2) is 9.23. The van der Waals surface area contributed by atoms with Crippen LogP contribution in [0.5, 0.6) is 0 Å². The van der Waals surface area contributed by atoms with Crippen LogP contribution < -0.4 is 10.0 Å². The van der Waals surface area contributed by atoms with Crippen LogP contribution in [-0.2, 0) is 14.8 Å². The number of benzene rings is 1. The fourth-order valence-electron chi connectivity index (χ4n) is 3.13. The Morgan fingerprint density at radius 2 is 1.72 bits per heavy atom. The topological polar surface area (TPSA) is 98.8 Å². The third kappa shape index (κ3) is 7.09. The molecule has 0 unspecified atom stereocenters. The predicted octanol–water partition coefficient (Wildman–Crippen LogP) is 1.05. The van der Waals surface area contributed by atoms with Crippen LogP contribution in [0.2, 0.25) is 0 Å². The zero-order valence-electron chi connectivity index (χ0n) is 17.9. The first-order chi connectivity index (χ1) is 13.4. The Bertz CT molecular complexity index is 838. The van der Waals surface area contributed by atoms with Crippen LogP contribution in [0.15, 0.2) is 29.2 Å². The van der Waals surface area contributed by atoms with Gasteiger partial charge in [-0.05, 0) is 52.8 Å². The second-order valence-corrected chi connectivity index (χ2v) is 10.4. The van der Waals surface area contributed by atoms with Crippen LogP contribution in [-0.4, -0.2) is 74.3 Å². The molecule has 0 aromatic heterocycles. The van der Waals surface area contributed by atoms with Gasteiger partial charge < -0.3 is 10.2 Å². The van der Waals surface area contributed by atoms with Crippen molar-refractivity contribution in [2.45, 2.75) is 51.1 Å². The highest BCUT2D eigenvalue weighted by Crippen LogP contribution is 2.15. The lowest BCUT2D eigenvalue weighted by atomic mass is 10.1. The molecule has 1 fully saturated rings. The van der Waals surface area contributed by atoms with E-state index < -0.39 is 10.0 Å². The number of carbonyl (C=O) groups is 2. The maximum absolute atomic E-state index is 12.8. The number of rotatable bonds is 6. The van der Waals surface area contributed by atoms with Crippen molar-refractivity contribution >= 4 is 21.8 Å². The van der Waals surface area contributed by atoms with E-state index in [1.807, 2.05) is 25.7 Å². The molecule has 2 rings (SSSR count). The summed E-state index contributed by atoms with van der Waals surface area (Å²) < 4.78 is 27.2. The number of nitrogens with zero attached hydrogens (tertiary/aromatic N) is 2. The minimum absolute atomic E-state index is 0.0344. The Morgan fingerprint density at radius 3 is 2.28 bits per heavy atom. The Hall–Kier alpha value is -1.97. The third-order valence-corrected chi connectivity index (χ3v) is 5.98. The zero-order valence-corrected chi connectivity index (χ0v) is 18.7. The summed E-state index contributed by atoms with van der Waals surface area (Å²) in [6.45, 7) is 11.8. The van der Waals surface area contributed by atoms with Crippen LogP contribution >= 0.6 is 0 Å².